The Balaban J connectivity index is 1.38. The van der Waals surface area contributed by atoms with Gasteiger partial charge in [0.2, 0.25) is 0 Å². The van der Waals surface area contributed by atoms with Crippen molar-refractivity contribution in [2.24, 2.45) is 0 Å². The van der Waals surface area contributed by atoms with Gasteiger partial charge in [0.15, 0.2) is 11.8 Å². The molecule has 4 rings (SSSR count). The number of hydrogen-bond donors (Lipinski definition) is 6. The van der Waals surface area contributed by atoms with E-state index in [2.05, 4.69) is 30.8 Å². The van der Waals surface area contributed by atoms with Gasteiger partial charge in [0.25, 0.3) is 11.8 Å². The van der Waals surface area contributed by atoms with Crippen LogP contribution in [0.5, 0.6) is 0 Å². The molecular weight excluding hydrogens is 488 g/mol. The van der Waals surface area contributed by atoms with Gasteiger partial charge < -0.3 is 25.8 Å². The third-order valence-electron chi connectivity index (χ3n) is 5.96. The van der Waals surface area contributed by atoms with Crippen LogP contribution in [0.25, 0.3) is 11.1 Å². The van der Waals surface area contributed by atoms with Crippen LogP contribution in [0.1, 0.15) is 38.7 Å². The van der Waals surface area contributed by atoms with Gasteiger partial charge in [-0.3, -0.25) is 14.7 Å². The average molecular weight is 517 g/mol. The van der Waals surface area contributed by atoms with Crippen LogP contribution in [0, 0.1) is 0 Å². The molecule has 0 unspecified atom stereocenters. The van der Waals surface area contributed by atoms with Gasteiger partial charge >= 0.3 is 5.97 Å². The SMILES string of the molecule is O=C(N[C@H](Cc1ccc(-c2ccccc2)cc1)C[C@@H](O)C(=O)O)c1cc(C(=O)NCCc2cnc[nH]2)[nH]n1. The van der Waals surface area contributed by atoms with Crippen molar-refractivity contribution in [1.29, 1.82) is 0 Å². The lowest BCUT2D eigenvalue weighted by Crippen LogP contribution is -2.40. The van der Waals surface area contributed by atoms with Crippen molar-refractivity contribution in [1.82, 2.24) is 30.8 Å². The Morgan fingerprint density at radius 2 is 1.71 bits per heavy atom. The summed E-state index contributed by atoms with van der Waals surface area (Å²) in [6.07, 6.45) is 2.22. The van der Waals surface area contributed by atoms with Gasteiger partial charge in [0.1, 0.15) is 5.69 Å². The number of carboxylic acid groups (broad SMARTS) is 1. The number of H-pyrrole nitrogens is 2. The number of aliphatic hydroxyl groups excluding tert-OH is 1. The lowest BCUT2D eigenvalue weighted by molar-refractivity contribution is -0.147. The number of benzene rings is 2. The van der Waals surface area contributed by atoms with Gasteiger partial charge in [-0.15, -0.1) is 0 Å². The summed E-state index contributed by atoms with van der Waals surface area (Å²) in [6.45, 7) is 0.361. The van der Waals surface area contributed by atoms with E-state index >= 15 is 0 Å². The normalized spacial score (nSPS) is 12.4. The fraction of sp³-hybridized carbons (Fsp3) is 0.222. The second-order valence-electron chi connectivity index (χ2n) is 8.78. The summed E-state index contributed by atoms with van der Waals surface area (Å²) in [4.78, 5) is 43.4. The van der Waals surface area contributed by atoms with Gasteiger partial charge in [-0.1, -0.05) is 54.6 Å². The molecule has 11 heteroatoms. The Kier molecular flexibility index (Phi) is 8.62. The molecule has 0 saturated heterocycles. The summed E-state index contributed by atoms with van der Waals surface area (Å²) >= 11 is 0. The molecule has 2 amide bonds. The van der Waals surface area contributed by atoms with Crippen LogP contribution in [0.3, 0.4) is 0 Å². The van der Waals surface area contributed by atoms with E-state index in [-0.39, 0.29) is 24.2 Å². The number of aliphatic carboxylic acids is 1. The Bertz CT molecular complexity index is 1350. The maximum absolute atomic E-state index is 12.9. The summed E-state index contributed by atoms with van der Waals surface area (Å²) in [5.74, 6) is -2.40. The minimum atomic E-state index is -1.65. The summed E-state index contributed by atoms with van der Waals surface area (Å²) < 4.78 is 0. The monoisotopic (exact) mass is 516 g/mol. The molecule has 0 aliphatic carbocycles. The first kappa shape index (κ1) is 26.3. The summed E-state index contributed by atoms with van der Waals surface area (Å²) in [5, 5.41) is 31.1. The van der Waals surface area contributed by atoms with E-state index in [1.165, 1.54) is 6.07 Å². The molecule has 2 atom stereocenters. The highest BCUT2D eigenvalue weighted by Crippen LogP contribution is 2.20. The molecule has 11 nitrogen and oxygen atoms in total. The maximum atomic E-state index is 12.9. The van der Waals surface area contributed by atoms with Gasteiger partial charge in [-0.05, 0) is 23.1 Å². The van der Waals surface area contributed by atoms with Gasteiger partial charge in [-0.25, -0.2) is 9.78 Å². The fourth-order valence-corrected chi connectivity index (χ4v) is 3.95. The second kappa shape index (κ2) is 12.5. The van der Waals surface area contributed by atoms with Gasteiger partial charge in [-0.2, -0.15) is 5.10 Å². The number of imidazole rings is 1. The first-order valence-corrected chi connectivity index (χ1v) is 12.1. The number of aromatic nitrogens is 4. The third-order valence-corrected chi connectivity index (χ3v) is 5.96. The molecule has 0 fully saturated rings. The quantitative estimate of drug-likeness (QED) is 0.167. The van der Waals surface area contributed by atoms with E-state index in [1.807, 2.05) is 54.6 Å². The summed E-state index contributed by atoms with van der Waals surface area (Å²) in [6, 6.07) is 18.2. The van der Waals surface area contributed by atoms with Crippen LogP contribution in [0.2, 0.25) is 0 Å². The highest BCUT2D eigenvalue weighted by molar-refractivity contribution is 5.97. The molecule has 2 aromatic heterocycles. The van der Waals surface area contributed by atoms with Crippen molar-refractivity contribution in [2.75, 3.05) is 6.54 Å². The fourth-order valence-electron chi connectivity index (χ4n) is 3.95. The van der Waals surface area contributed by atoms with Crippen LogP contribution in [-0.2, 0) is 17.6 Å². The molecule has 2 aromatic carbocycles. The van der Waals surface area contributed by atoms with Crippen LogP contribution in [-0.4, -0.2) is 66.9 Å². The van der Waals surface area contributed by atoms with Crippen molar-refractivity contribution in [3.8, 4) is 11.1 Å². The average Bonchev–Trinajstić information content (AvgIpc) is 3.62. The maximum Gasteiger partial charge on any atom is 0.332 e. The number of nitrogens with zero attached hydrogens (tertiary/aromatic N) is 2. The number of carboxylic acids is 1. The number of aliphatic hydroxyl groups is 1. The van der Waals surface area contributed by atoms with Crippen LogP contribution >= 0.6 is 0 Å². The smallest absolute Gasteiger partial charge is 0.332 e. The van der Waals surface area contributed by atoms with Gasteiger partial charge in [0.05, 0.1) is 6.33 Å². The topological polar surface area (TPSA) is 173 Å². The van der Waals surface area contributed by atoms with Crippen LogP contribution in [0.4, 0.5) is 0 Å². The number of hydrogen-bond acceptors (Lipinski definition) is 6. The Morgan fingerprint density at radius 1 is 0.974 bits per heavy atom. The number of amides is 2. The van der Waals surface area contributed by atoms with E-state index in [0.717, 1.165) is 22.4 Å². The molecule has 0 bridgehead atoms. The Hall–Kier alpha value is -4.77. The third kappa shape index (κ3) is 7.14. The predicted molar refractivity (Wildman–Crippen MR) is 138 cm³/mol. The molecule has 4 aromatic rings. The van der Waals surface area contributed by atoms with Crippen molar-refractivity contribution in [3.63, 3.8) is 0 Å². The standard InChI is InChI=1S/C27H28N6O5/c34-24(27(37)38)13-21(12-17-6-8-19(9-7-17)18-4-2-1-3-5-18)31-26(36)23-14-22(32-33-23)25(35)29-11-10-20-15-28-16-30-20/h1-9,14-16,21,24,34H,10-13H2,(H,28,30)(H,29,35)(H,31,36)(H,32,33)(H,37,38)/t21-,24-/m1/s1. The Labute approximate surface area is 218 Å². The van der Waals surface area contributed by atoms with Gasteiger partial charge in [0, 0.05) is 43.4 Å². The molecule has 6 N–H and O–H groups in total. The number of carbonyl (C=O) groups excluding carboxylic acids is 2. The number of carbonyl (C=O) groups is 3. The summed E-state index contributed by atoms with van der Waals surface area (Å²) in [5.41, 5.74) is 3.89. The zero-order valence-corrected chi connectivity index (χ0v) is 20.4. The van der Waals surface area contributed by atoms with E-state index in [1.54, 1.807) is 12.5 Å². The predicted octanol–water partition coefficient (Wildman–Crippen LogP) is 1.95. The van der Waals surface area contributed by atoms with Crippen molar-refractivity contribution in [2.45, 2.75) is 31.4 Å². The van der Waals surface area contributed by atoms with Crippen molar-refractivity contribution < 1.29 is 24.6 Å². The number of rotatable bonds is 12. The zero-order valence-electron chi connectivity index (χ0n) is 20.4. The molecule has 0 aliphatic heterocycles. The van der Waals surface area contributed by atoms with E-state index in [9.17, 15) is 24.6 Å². The number of aromatic amines is 2. The Morgan fingerprint density at radius 3 is 2.39 bits per heavy atom. The summed E-state index contributed by atoms with van der Waals surface area (Å²) in [7, 11) is 0. The van der Waals surface area contributed by atoms with Crippen LogP contribution < -0.4 is 10.6 Å². The molecule has 38 heavy (non-hydrogen) atoms. The molecule has 0 spiro atoms. The highest BCUT2D eigenvalue weighted by Gasteiger charge is 2.24. The molecule has 0 radical (unpaired) electrons. The van der Waals surface area contributed by atoms with Crippen molar-refractivity contribution >= 4 is 17.8 Å². The minimum Gasteiger partial charge on any atom is -0.479 e. The van der Waals surface area contributed by atoms with Crippen LogP contribution in [0.15, 0.2) is 73.2 Å². The largest absolute Gasteiger partial charge is 0.479 e. The van der Waals surface area contributed by atoms with E-state index in [4.69, 9.17) is 0 Å². The number of nitrogens with one attached hydrogen (secondary N) is 4. The first-order chi connectivity index (χ1) is 18.4. The van der Waals surface area contributed by atoms with E-state index in [0.29, 0.717) is 13.0 Å². The molecule has 196 valence electrons. The molecule has 2 heterocycles. The molecule has 0 saturated carbocycles. The lowest BCUT2D eigenvalue weighted by atomic mass is 9.97. The lowest BCUT2D eigenvalue weighted by Gasteiger charge is -2.20. The van der Waals surface area contributed by atoms with Crippen molar-refractivity contribution in [3.05, 3.63) is 95.8 Å². The highest BCUT2D eigenvalue weighted by atomic mass is 16.4. The van der Waals surface area contributed by atoms with E-state index < -0.39 is 29.9 Å². The second-order valence-corrected chi connectivity index (χ2v) is 8.78. The minimum absolute atomic E-state index is 0.0297. The molecule has 0 aliphatic rings. The first-order valence-electron chi connectivity index (χ1n) is 12.1. The molecular formula is C27H28N6O5. The zero-order chi connectivity index (χ0) is 26.9.